The molecular weight excluding hydrogens is 320 g/mol. The van der Waals surface area contributed by atoms with Crippen molar-refractivity contribution >= 4 is 17.5 Å². The average Bonchev–Trinajstić information content (AvgIpc) is 2.91. The monoisotopic (exact) mass is 344 g/mol. The fraction of sp³-hybridized carbons (Fsp3) is 0.667. The summed E-state index contributed by atoms with van der Waals surface area (Å²) in [6.07, 6.45) is 9.67. The molecule has 2 amide bonds. The number of anilines is 1. The molecule has 1 N–H and O–H groups in total. The predicted molar refractivity (Wildman–Crippen MR) is 90.7 cm³/mol. The number of likely N-dealkylation sites (tertiary alicyclic amines) is 1. The molecule has 0 unspecified atom stereocenters. The van der Waals surface area contributed by atoms with Crippen molar-refractivity contribution in [1.82, 2.24) is 14.9 Å². The second-order valence-electron chi connectivity index (χ2n) is 7.72. The van der Waals surface area contributed by atoms with E-state index in [-0.39, 0.29) is 23.7 Å². The standard InChI is InChI=1S/C18H24N4O3/c23-15(10-18(25)2-1-3-18)21-7-4-17(5-8-21)6-9-22(16(17)24)14-11-19-13-20-12-14/h11-13,25H,1-10H2. The van der Waals surface area contributed by atoms with Gasteiger partial charge in [-0.2, -0.15) is 0 Å². The Kier molecular flexibility index (Phi) is 3.98. The van der Waals surface area contributed by atoms with Gasteiger partial charge in [0.15, 0.2) is 0 Å². The average molecular weight is 344 g/mol. The lowest BCUT2D eigenvalue weighted by Crippen LogP contribution is -2.49. The highest BCUT2D eigenvalue weighted by Crippen LogP contribution is 2.43. The number of amides is 2. The summed E-state index contributed by atoms with van der Waals surface area (Å²) in [5.41, 5.74) is -0.394. The minimum Gasteiger partial charge on any atom is -0.389 e. The predicted octanol–water partition coefficient (Wildman–Crippen LogP) is 1.13. The molecule has 1 aromatic heterocycles. The van der Waals surface area contributed by atoms with Gasteiger partial charge in [0.25, 0.3) is 0 Å². The van der Waals surface area contributed by atoms with E-state index in [1.165, 1.54) is 6.33 Å². The zero-order valence-electron chi connectivity index (χ0n) is 14.4. The number of hydrogen-bond acceptors (Lipinski definition) is 5. The summed E-state index contributed by atoms with van der Waals surface area (Å²) in [6.45, 7) is 1.87. The summed E-state index contributed by atoms with van der Waals surface area (Å²) in [5.74, 6) is 0.155. The van der Waals surface area contributed by atoms with E-state index in [0.29, 0.717) is 32.5 Å². The summed E-state index contributed by atoms with van der Waals surface area (Å²) in [6, 6.07) is 0. The molecule has 1 aliphatic carbocycles. The van der Waals surface area contributed by atoms with Gasteiger partial charge in [-0.1, -0.05) is 0 Å². The zero-order valence-corrected chi connectivity index (χ0v) is 14.4. The summed E-state index contributed by atoms with van der Waals surface area (Å²) >= 11 is 0. The van der Waals surface area contributed by atoms with E-state index in [0.717, 1.165) is 31.4 Å². The molecule has 1 saturated carbocycles. The van der Waals surface area contributed by atoms with Crippen LogP contribution < -0.4 is 4.90 Å². The van der Waals surface area contributed by atoms with Crippen LogP contribution in [0.1, 0.15) is 44.9 Å². The van der Waals surface area contributed by atoms with Crippen molar-refractivity contribution in [3.63, 3.8) is 0 Å². The van der Waals surface area contributed by atoms with Crippen LogP contribution in [0.15, 0.2) is 18.7 Å². The maximum Gasteiger partial charge on any atom is 0.233 e. The first-order chi connectivity index (χ1) is 12.0. The molecule has 1 spiro atoms. The van der Waals surface area contributed by atoms with Crippen molar-refractivity contribution in [2.75, 3.05) is 24.5 Å². The largest absolute Gasteiger partial charge is 0.389 e. The van der Waals surface area contributed by atoms with Gasteiger partial charge in [-0.3, -0.25) is 9.59 Å². The van der Waals surface area contributed by atoms with Gasteiger partial charge in [0, 0.05) is 19.6 Å². The molecule has 7 heteroatoms. The molecule has 0 radical (unpaired) electrons. The molecule has 3 aliphatic rings. The summed E-state index contributed by atoms with van der Waals surface area (Å²) in [7, 11) is 0. The van der Waals surface area contributed by atoms with Gasteiger partial charge in [0.2, 0.25) is 11.8 Å². The lowest BCUT2D eigenvalue weighted by Gasteiger charge is -2.41. The highest BCUT2D eigenvalue weighted by atomic mass is 16.3. The number of nitrogens with zero attached hydrogens (tertiary/aromatic N) is 4. The summed E-state index contributed by atoms with van der Waals surface area (Å²) in [5, 5.41) is 10.2. The van der Waals surface area contributed by atoms with Gasteiger partial charge in [0.05, 0.1) is 35.5 Å². The Hall–Kier alpha value is -2.02. The Balaban J connectivity index is 1.38. The summed E-state index contributed by atoms with van der Waals surface area (Å²) in [4.78, 5) is 37.0. The van der Waals surface area contributed by atoms with Gasteiger partial charge in [0.1, 0.15) is 6.33 Å². The van der Waals surface area contributed by atoms with Crippen molar-refractivity contribution in [1.29, 1.82) is 0 Å². The highest BCUT2D eigenvalue weighted by molar-refractivity contribution is 5.99. The number of carbonyl (C=O) groups excluding carboxylic acids is 2. The highest BCUT2D eigenvalue weighted by Gasteiger charge is 2.49. The SMILES string of the molecule is O=C(CC1(O)CCC1)N1CCC2(CC1)CCN(c1cncnc1)C2=O. The smallest absolute Gasteiger partial charge is 0.233 e. The normalized spacial score (nSPS) is 24.4. The lowest BCUT2D eigenvalue weighted by atomic mass is 9.75. The molecule has 7 nitrogen and oxygen atoms in total. The molecule has 0 atom stereocenters. The number of hydrogen-bond donors (Lipinski definition) is 1. The van der Waals surface area contributed by atoms with Crippen molar-refractivity contribution in [3.8, 4) is 0 Å². The molecule has 3 fully saturated rings. The Morgan fingerprint density at radius 3 is 2.32 bits per heavy atom. The van der Waals surface area contributed by atoms with Gasteiger partial charge < -0.3 is 14.9 Å². The molecule has 4 rings (SSSR count). The maximum atomic E-state index is 13.0. The van der Waals surface area contributed by atoms with Crippen molar-refractivity contribution in [3.05, 3.63) is 18.7 Å². The van der Waals surface area contributed by atoms with Crippen LogP contribution in [0.3, 0.4) is 0 Å². The molecule has 2 saturated heterocycles. The third-order valence-corrected chi connectivity index (χ3v) is 6.21. The van der Waals surface area contributed by atoms with Crippen molar-refractivity contribution in [2.24, 2.45) is 5.41 Å². The second-order valence-corrected chi connectivity index (χ2v) is 7.72. The van der Waals surface area contributed by atoms with E-state index in [2.05, 4.69) is 9.97 Å². The topological polar surface area (TPSA) is 86.6 Å². The van der Waals surface area contributed by atoms with Gasteiger partial charge in [-0.05, 0) is 38.5 Å². The first-order valence-electron chi connectivity index (χ1n) is 9.09. The molecule has 0 aromatic carbocycles. The number of carbonyl (C=O) groups is 2. The fourth-order valence-electron chi connectivity index (χ4n) is 4.30. The Morgan fingerprint density at radius 2 is 1.72 bits per heavy atom. The Morgan fingerprint density at radius 1 is 1.08 bits per heavy atom. The second kappa shape index (κ2) is 6.05. The van der Waals surface area contributed by atoms with Gasteiger partial charge in [-0.15, -0.1) is 0 Å². The Labute approximate surface area is 147 Å². The lowest BCUT2D eigenvalue weighted by molar-refractivity contribution is -0.144. The number of aliphatic hydroxyl groups is 1. The first kappa shape index (κ1) is 16.4. The summed E-state index contributed by atoms with van der Waals surface area (Å²) < 4.78 is 0. The van der Waals surface area contributed by atoms with E-state index in [4.69, 9.17) is 0 Å². The number of rotatable bonds is 3. The van der Waals surface area contributed by atoms with Crippen LogP contribution in [0, 0.1) is 5.41 Å². The maximum absolute atomic E-state index is 13.0. The zero-order chi connectivity index (χ0) is 17.5. The van der Waals surface area contributed by atoms with Crippen LogP contribution in [0.25, 0.3) is 0 Å². The van der Waals surface area contributed by atoms with E-state index in [1.54, 1.807) is 17.3 Å². The van der Waals surface area contributed by atoms with E-state index in [9.17, 15) is 14.7 Å². The van der Waals surface area contributed by atoms with E-state index < -0.39 is 5.60 Å². The third kappa shape index (κ3) is 2.90. The molecule has 1 aromatic rings. The fourth-order valence-corrected chi connectivity index (χ4v) is 4.30. The molecular formula is C18H24N4O3. The molecule has 2 aliphatic heterocycles. The number of aromatic nitrogens is 2. The Bertz CT molecular complexity index is 666. The molecule has 0 bridgehead atoms. The van der Waals surface area contributed by atoms with Crippen LogP contribution in [0.5, 0.6) is 0 Å². The first-order valence-corrected chi connectivity index (χ1v) is 9.09. The molecule has 134 valence electrons. The minimum absolute atomic E-state index is 0.0239. The van der Waals surface area contributed by atoms with Crippen molar-refractivity contribution in [2.45, 2.75) is 50.5 Å². The number of piperidine rings is 1. The molecule has 3 heterocycles. The van der Waals surface area contributed by atoms with E-state index in [1.807, 2.05) is 4.90 Å². The van der Waals surface area contributed by atoms with Crippen LogP contribution in [0.2, 0.25) is 0 Å². The quantitative estimate of drug-likeness (QED) is 0.888. The van der Waals surface area contributed by atoms with Crippen LogP contribution >= 0.6 is 0 Å². The molecule has 25 heavy (non-hydrogen) atoms. The van der Waals surface area contributed by atoms with Gasteiger partial charge >= 0.3 is 0 Å². The van der Waals surface area contributed by atoms with Crippen LogP contribution in [0.4, 0.5) is 5.69 Å². The third-order valence-electron chi connectivity index (χ3n) is 6.21. The van der Waals surface area contributed by atoms with Crippen molar-refractivity contribution < 1.29 is 14.7 Å². The van der Waals surface area contributed by atoms with Crippen LogP contribution in [-0.4, -0.2) is 57.0 Å². The minimum atomic E-state index is -0.778. The van der Waals surface area contributed by atoms with Gasteiger partial charge in [-0.25, -0.2) is 9.97 Å². The van der Waals surface area contributed by atoms with Crippen LogP contribution in [-0.2, 0) is 9.59 Å². The van der Waals surface area contributed by atoms with E-state index >= 15 is 0 Å².